The first-order valence-electron chi connectivity index (χ1n) is 7.87. The van der Waals surface area contributed by atoms with E-state index in [9.17, 15) is 9.50 Å². The Hall–Kier alpha value is -2.19. The molecule has 2 aromatic rings. The number of hydrogen-bond acceptors (Lipinski definition) is 3. The van der Waals surface area contributed by atoms with Gasteiger partial charge in [-0.25, -0.2) is 4.39 Å². The summed E-state index contributed by atoms with van der Waals surface area (Å²) < 4.78 is 18.3. The molecule has 0 fully saturated rings. The molecule has 0 aliphatic carbocycles. The van der Waals surface area contributed by atoms with Gasteiger partial charge in [0.05, 0.1) is 12.7 Å². The van der Waals surface area contributed by atoms with Crippen LogP contribution in [-0.2, 0) is 17.8 Å². The first-order chi connectivity index (χ1) is 11.7. The molecule has 1 atom stereocenters. The number of ether oxygens (including phenoxy) is 1. The van der Waals surface area contributed by atoms with Crippen molar-refractivity contribution >= 4 is 0 Å². The lowest BCUT2D eigenvalue weighted by Crippen LogP contribution is -2.34. The third kappa shape index (κ3) is 6.51. The van der Waals surface area contributed by atoms with E-state index in [1.807, 2.05) is 30.3 Å². The van der Waals surface area contributed by atoms with Gasteiger partial charge in [0.15, 0.2) is 0 Å². The molecule has 1 N–H and O–H groups in total. The highest BCUT2D eigenvalue weighted by atomic mass is 19.1. The molecule has 0 aromatic heterocycles. The van der Waals surface area contributed by atoms with E-state index >= 15 is 0 Å². The summed E-state index contributed by atoms with van der Waals surface area (Å²) in [7, 11) is 0. The van der Waals surface area contributed by atoms with Gasteiger partial charge >= 0.3 is 0 Å². The van der Waals surface area contributed by atoms with Crippen LogP contribution in [-0.4, -0.2) is 35.9 Å². The molecule has 2 rings (SSSR count). The van der Waals surface area contributed by atoms with Gasteiger partial charge in [-0.2, -0.15) is 0 Å². The van der Waals surface area contributed by atoms with Crippen LogP contribution in [0.5, 0.6) is 0 Å². The molecule has 0 saturated carbocycles. The largest absolute Gasteiger partial charge is 0.389 e. The van der Waals surface area contributed by atoms with E-state index in [2.05, 4.69) is 10.8 Å². The van der Waals surface area contributed by atoms with Gasteiger partial charge in [-0.3, -0.25) is 4.90 Å². The molecule has 24 heavy (non-hydrogen) atoms. The highest BCUT2D eigenvalue weighted by Gasteiger charge is 2.13. The number of aliphatic hydroxyl groups excluding tert-OH is 1. The molecule has 0 spiro atoms. The van der Waals surface area contributed by atoms with E-state index in [4.69, 9.17) is 11.2 Å². The van der Waals surface area contributed by atoms with Crippen molar-refractivity contribution in [3.63, 3.8) is 0 Å². The lowest BCUT2D eigenvalue weighted by atomic mass is 10.1. The van der Waals surface area contributed by atoms with E-state index in [0.29, 0.717) is 19.6 Å². The van der Waals surface area contributed by atoms with Crippen LogP contribution >= 0.6 is 0 Å². The SMILES string of the molecule is C#CCOC[C@H](O)CN(Cc1ccccc1)Cc1ccc(F)cc1. The lowest BCUT2D eigenvalue weighted by molar-refractivity contribution is 0.0243. The number of hydrogen-bond donors (Lipinski definition) is 1. The molecular weight excluding hydrogens is 305 g/mol. The highest BCUT2D eigenvalue weighted by Crippen LogP contribution is 2.12. The van der Waals surface area contributed by atoms with E-state index < -0.39 is 6.10 Å². The molecule has 0 radical (unpaired) electrons. The van der Waals surface area contributed by atoms with Crippen LogP contribution in [0.2, 0.25) is 0 Å². The Kier molecular flexibility index (Phi) is 7.44. The minimum Gasteiger partial charge on any atom is -0.389 e. The zero-order valence-corrected chi connectivity index (χ0v) is 13.6. The smallest absolute Gasteiger partial charge is 0.123 e. The fourth-order valence-corrected chi connectivity index (χ4v) is 2.48. The maximum absolute atomic E-state index is 13.1. The average molecular weight is 327 g/mol. The molecular formula is C20H22FNO2. The summed E-state index contributed by atoms with van der Waals surface area (Å²) in [6.45, 7) is 2.12. The number of halogens is 1. The van der Waals surface area contributed by atoms with Crippen molar-refractivity contribution in [2.45, 2.75) is 19.2 Å². The first kappa shape index (κ1) is 18.2. The van der Waals surface area contributed by atoms with E-state index in [0.717, 1.165) is 11.1 Å². The third-order valence-electron chi connectivity index (χ3n) is 3.53. The number of benzene rings is 2. The normalized spacial score (nSPS) is 12.1. The van der Waals surface area contributed by atoms with Gasteiger partial charge in [0.1, 0.15) is 12.4 Å². The second-order valence-corrected chi connectivity index (χ2v) is 5.65. The number of terminal acetylenes is 1. The van der Waals surface area contributed by atoms with Gasteiger partial charge in [-0.15, -0.1) is 6.42 Å². The minimum atomic E-state index is -0.637. The zero-order chi connectivity index (χ0) is 17.2. The maximum atomic E-state index is 13.1. The van der Waals surface area contributed by atoms with Crippen LogP contribution in [0.1, 0.15) is 11.1 Å². The van der Waals surface area contributed by atoms with Crippen molar-refractivity contribution in [2.24, 2.45) is 0 Å². The predicted molar refractivity (Wildman–Crippen MR) is 92.6 cm³/mol. The van der Waals surface area contributed by atoms with Gasteiger partial charge < -0.3 is 9.84 Å². The molecule has 3 nitrogen and oxygen atoms in total. The van der Waals surface area contributed by atoms with Gasteiger partial charge in [-0.1, -0.05) is 48.4 Å². The molecule has 0 heterocycles. The minimum absolute atomic E-state index is 0.188. The number of rotatable bonds is 9. The van der Waals surface area contributed by atoms with Crippen molar-refractivity contribution in [1.82, 2.24) is 4.90 Å². The van der Waals surface area contributed by atoms with E-state index in [-0.39, 0.29) is 19.0 Å². The van der Waals surface area contributed by atoms with Crippen LogP contribution in [0.3, 0.4) is 0 Å². The molecule has 0 amide bonds. The number of aliphatic hydroxyl groups is 1. The van der Waals surface area contributed by atoms with Crippen molar-refractivity contribution in [1.29, 1.82) is 0 Å². The highest BCUT2D eigenvalue weighted by molar-refractivity contribution is 5.17. The molecule has 0 saturated heterocycles. The summed E-state index contributed by atoms with van der Waals surface area (Å²) in [6, 6.07) is 16.4. The van der Waals surface area contributed by atoms with Crippen molar-refractivity contribution in [3.05, 3.63) is 71.5 Å². The van der Waals surface area contributed by atoms with Crippen LogP contribution in [0.25, 0.3) is 0 Å². The summed E-state index contributed by atoms with van der Waals surface area (Å²) in [4.78, 5) is 2.10. The lowest BCUT2D eigenvalue weighted by Gasteiger charge is -2.25. The molecule has 0 bridgehead atoms. The second kappa shape index (κ2) is 9.84. The Balaban J connectivity index is 2.00. The molecule has 0 aliphatic heterocycles. The summed E-state index contributed by atoms with van der Waals surface area (Å²) in [5.74, 6) is 2.13. The predicted octanol–water partition coefficient (Wildman–Crippen LogP) is 2.84. The summed E-state index contributed by atoms with van der Waals surface area (Å²) in [5.41, 5.74) is 2.14. The Morgan fingerprint density at radius 3 is 2.29 bits per heavy atom. The summed E-state index contributed by atoms with van der Waals surface area (Å²) in [5, 5.41) is 10.2. The Bertz CT molecular complexity index is 637. The fraction of sp³-hybridized carbons (Fsp3) is 0.300. The standard InChI is InChI=1S/C20H22FNO2/c1-2-12-24-16-20(23)15-22(13-17-6-4-3-5-7-17)14-18-8-10-19(21)11-9-18/h1,3-11,20,23H,12-16H2/t20-/m1/s1. The van der Waals surface area contributed by atoms with Crippen molar-refractivity contribution in [3.8, 4) is 12.3 Å². The summed E-state index contributed by atoms with van der Waals surface area (Å²) in [6.07, 6.45) is 4.50. The third-order valence-corrected chi connectivity index (χ3v) is 3.53. The van der Waals surface area contributed by atoms with E-state index in [1.165, 1.54) is 12.1 Å². The van der Waals surface area contributed by atoms with Crippen LogP contribution in [0.4, 0.5) is 4.39 Å². The van der Waals surface area contributed by atoms with Gasteiger partial charge in [0, 0.05) is 19.6 Å². The van der Waals surface area contributed by atoms with Crippen LogP contribution in [0, 0.1) is 18.2 Å². The Morgan fingerprint density at radius 2 is 1.67 bits per heavy atom. The average Bonchev–Trinajstić information content (AvgIpc) is 2.58. The van der Waals surface area contributed by atoms with Gasteiger partial charge in [0.2, 0.25) is 0 Å². The maximum Gasteiger partial charge on any atom is 0.123 e. The van der Waals surface area contributed by atoms with Crippen molar-refractivity contribution in [2.75, 3.05) is 19.8 Å². The quantitative estimate of drug-likeness (QED) is 0.568. The molecule has 4 heteroatoms. The fourth-order valence-electron chi connectivity index (χ4n) is 2.48. The Labute approximate surface area is 142 Å². The van der Waals surface area contributed by atoms with Gasteiger partial charge in [0.25, 0.3) is 0 Å². The zero-order valence-electron chi connectivity index (χ0n) is 13.6. The molecule has 0 unspecified atom stereocenters. The van der Waals surface area contributed by atoms with Crippen LogP contribution < -0.4 is 0 Å². The topological polar surface area (TPSA) is 32.7 Å². The van der Waals surface area contributed by atoms with Gasteiger partial charge in [-0.05, 0) is 23.3 Å². The molecule has 0 aliphatic rings. The second-order valence-electron chi connectivity index (χ2n) is 5.65. The summed E-state index contributed by atoms with van der Waals surface area (Å²) >= 11 is 0. The van der Waals surface area contributed by atoms with E-state index in [1.54, 1.807) is 12.1 Å². The van der Waals surface area contributed by atoms with Crippen LogP contribution in [0.15, 0.2) is 54.6 Å². The van der Waals surface area contributed by atoms with Crippen molar-refractivity contribution < 1.29 is 14.2 Å². The Morgan fingerprint density at radius 1 is 1.04 bits per heavy atom. The monoisotopic (exact) mass is 327 g/mol. The first-order valence-corrected chi connectivity index (χ1v) is 7.87. The number of nitrogens with zero attached hydrogens (tertiary/aromatic N) is 1. The molecule has 2 aromatic carbocycles. The molecule has 126 valence electrons.